The van der Waals surface area contributed by atoms with E-state index in [4.69, 9.17) is 9.15 Å². The molecular weight excluding hydrogens is 334 g/mol. The van der Waals surface area contributed by atoms with Crippen molar-refractivity contribution in [1.82, 2.24) is 5.32 Å². The van der Waals surface area contributed by atoms with Crippen molar-refractivity contribution in [3.63, 3.8) is 0 Å². The minimum atomic E-state index is -0.495. The highest BCUT2D eigenvalue weighted by molar-refractivity contribution is 5.87. The van der Waals surface area contributed by atoms with Gasteiger partial charge in [-0.3, -0.25) is 9.59 Å². The zero-order chi connectivity index (χ0) is 18.4. The molecule has 3 rings (SSSR count). The van der Waals surface area contributed by atoms with Crippen molar-refractivity contribution in [3.05, 3.63) is 41.7 Å². The third-order valence-corrected chi connectivity index (χ3v) is 4.49. The van der Waals surface area contributed by atoms with Gasteiger partial charge in [-0.25, -0.2) is 0 Å². The summed E-state index contributed by atoms with van der Waals surface area (Å²) in [5, 5.41) is 12.9. The molecule has 6 heteroatoms. The van der Waals surface area contributed by atoms with Crippen LogP contribution in [0.25, 0.3) is 11.0 Å². The molecule has 138 valence electrons. The summed E-state index contributed by atoms with van der Waals surface area (Å²) in [5.74, 6) is -0.690. The van der Waals surface area contributed by atoms with Gasteiger partial charge in [0.2, 0.25) is 0 Å². The van der Waals surface area contributed by atoms with Crippen molar-refractivity contribution in [2.24, 2.45) is 0 Å². The predicted molar refractivity (Wildman–Crippen MR) is 96.7 cm³/mol. The number of fused-ring (bicyclic) bond motifs is 1. The van der Waals surface area contributed by atoms with E-state index in [2.05, 4.69) is 11.4 Å². The molecule has 0 bridgehead atoms. The molecule has 0 radical (unpaired) electrons. The average Bonchev–Trinajstić information content (AvgIpc) is 3.02. The Labute approximate surface area is 151 Å². The lowest BCUT2D eigenvalue weighted by Crippen LogP contribution is -2.30. The summed E-state index contributed by atoms with van der Waals surface area (Å²) < 4.78 is 10.4. The van der Waals surface area contributed by atoms with E-state index in [0.717, 1.165) is 24.6 Å². The van der Waals surface area contributed by atoms with E-state index >= 15 is 0 Å². The Bertz CT molecular complexity index is 821. The van der Waals surface area contributed by atoms with Crippen LogP contribution in [0.2, 0.25) is 0 Å². The zero-order valence-corrected chi connectivity index (χ0v) is 14.6. The second-order valence-electron chi connectivity index (χ2n) is 6.49. The maximum atomic E-state index is 11.9. The molecule has 0 fully saturated rings. The molecule has 1 aromatic heterocycles. The quantitative estimate of drug-likeness (QED) is 0.587. The normalized spacial score (nSPS) is 14.1. The lowest BCUT2D eigenvalue weighted by molar-refractivity contribution is -0.147. The molecule has 0 saturated heterocycles. The van der Waals surface area contributed by atoms with Gasteiger partial charge in [0.1, 0.15) is 11.3 Å². The summed E-state index contributed by atoms with van der Waals surface area (Å²) in [6.07, 6.45) is 9.29. The van der Waals surface area contributed by atoms with Crippen LogP contribution in [0.3, 0.4) is 0 Å². The molecule has 0 unspecified atom stereocenters. The number of nitrogens with one attached hydrogen (secondary N) is 1. The van der Waals surface area contributed by atoms with Gasteiger partial charge >= 0.3 is 5.97 Å². The number of esters is 1. The maximum Gasteiger partial charge on any atom is 0.310 e. The molecule has 1 aliphatic rings. The smallest absolute Gasteiger partial charge is 0.310 e. The molecule has 1 aromatic carbocycles. The Morgan fingerprint density at radius 1 is 1.27 bits per heavy atom. The van der Waals surface area contributed by atoms with E-state index in [1.165, 1.54) is 36.8 Å². The fourth-order valence-corrected chi connectivity index (χ4v) is 3.11. The van der Waals surface area contributed by atoms with Crippen molar-refractivity contribution in [3.8, 4) is 5.75 Å². The number of hydrogen-bond acceptors (Lipinski definition) is 5. The highest BCUT2D eigenvalue weighted by Gasteiger charge is 2.13. The van der Waals surface area contributed by atoms with Crippen LogP contribution in [-0.2, 0) is 20.7 Å². The second kappa shape index (κ2) is 8.56. The number of phenolic OH excluding ortho intramolecular Hbond substituents is 1. The van der Waals surface area contributed by atoms with Gasteiger partial charge in [0.25, 0.3) is 5.91 Å². The average molecular weight is 357 g/mol. The fourth-order valence-electron chi connectivity index (χ4n) is 3.11. The van der Waals surface area contributed by atoms with E-state index < -0.39 is 5.97 Å². The number of aromatic hydroxyl groups is 1. The Balaban J connectivity index is 1.40. The van der Waals surface area contributed by atoms with Crippen molar-refractivity contribution >= 4 is 22.8 Å². The molecule has 2 N–H and O–H groups in total. The first-order chi connectivity index (χ1) is 12.6. The van der Waals surface area contributed by atoms with E-state index in [1.807, 2.05) is 0 Å². The Morgan fingerprint density at radius 3 is 2.96 bits per heavy atom. The lowest BCUT2D eigenvalue weighted by atomic mass is 9.97. The molecule has 1 amide bonds. The SMILES string of the molecule is O=C(COC(=O)Cc1coc2cc(O)ccc12)NCCC1=CCCCC1. The van der Waals surface area contributed by atoms with E-state index in [9.17, 15) is 14.7 Å². The summed E-state index contributed by atoms with van der Waals surface area (Å²) in [7, 11) is 0. The number of furan rings is 1. The van der Waals surface area contributed by atoms with Crippen LogP contribution in [0.4, 0.5) is 0 Å². The Kier molecular flexibility index (Phi) is 5.94. The van der Waals surface area contributed by atoms with E-state index in [-0.39, 0.29) is 24.7 Å². The van der Waals surface area contributed by atoms with Crippen LogP contribution < -0.4 is 5.32 Å². The molecule has 2 aromatic rings. The number of ether oxygens (including phenoxy) is 1. The minimum Gasteiger partial charge on any atom is -0.508 e. The number of carbonyl (C=O) groups is 2. The summed E-state index contributed by atoms with van der Waals surface area (Å²) in [6.45, 7) is 0.284. The van der Waals surface area contributed by atoms with Crippen molar-refractivity contribution in [2.75, 3.05) is 13.2 Å². The van der Waals surface area contributed by atoms with Gasteiger partial charge in [0.15, 0.2) is 6.61 Å². The molecule has 0 spiro atoms. The van der Waals surface area contributed by atoms with Crippen LogP contribution >= 0.6 is 0 Å². The third-order valence-electron chi connectivity index (χ3n) is 4.49. The minimum absolute atomic E-state index is 0.0118. The molecular formula is C20H23NO5. The van der Waals surface area contributed by atoms with Gasteiger partial charge < -0.3 is 19.6 Å². The van der Waals surface area contributed by atoms with Crippen molar-refractivity contribution in [2.45, 2.75) is 38.5 Å². The standard InChI is InChI=1S/C20H23NO5/c22-16-6-7-17-15(12-25-18(17)11-16)10-20(24)26-13-19(23)21-9-8-14-4-2-1-3-5-14/h4,6-7,11-12,22H,1-3,5,8-10,13H2,(H,21,23). The first kappa shape index (κ1) is 18.0. The van der Waals surface area contributed by atoms with Crippen molar-refractivity contribution < 1.29 is 23.8 Å². The number of amides is 1. The van der Waals surface area contributed by atoms with E-state index in [0.29, 0.717) is 17.7 Å². The number of rotatable bonds is 7. The van der Waals surface area contributed by atoms with E-state index in [1.54, 1.807) is 6.07 Å². The molecule has 6 nitrogen and oxygen atoms in total. The summed E-state index contributed by atoms with van der Waals surface area (Å²) in [6, 6.07) is 4.70. The third kappa shape index (κ3) is 4.88. The lowest BCUT2D eigenvalue weighted by Gasteiger charge is -2.13. The highest BCUT2D eigenvalue weighted by atomic mass is 16.5. The molecule has 0 atom stereocenters. The van der Waals surface area contributed by atoms with Gasteiger partial charge in [-0.2, -0.15) is 0 Å². The first-order valence-electron chi connectivity index (χ1n) is 8.91. The predicted octanol–water partition coefficient (Wildman–Crippen LogP) is 3.23. The van der Waals surface area contributed by atoms with Gasteiger partial charge in [-0.15, -0.1) is 0 Å². The van der Waals surface area contributed by atoms with Gasteiger partial charge in [0.05, 0.1) is 12.7 Å². The van der Waals surface area contributed by atoms with Gasteiger partial charge in [-0.1, -0.05) is 11.6 Å². The molecule has 26 heavy (non-hydrogen) atoms. The maximum absolute atomic E-state index is 11.9. The second-order valence-corrected chi connectivity index (χ2v) is 6.49. The van der Waals surface area contributed by atoms with Crippen LogP contribution in [0.5, 0.6) is 5.75 Å². The number of allylic oxidation sites excluding steroid dienone is 1. The van der Waals surface area contributed by atoms with Gasteiger partial charge in [-0.05, 0) is 44.2 Å². The number of benzene rings is 1. The van der Waals surface area contributed by atoms with Crippen LogP contribution in [0, 0.1) is 0 Å². The van der Waals surface area contributed by atoms with Crippen molar-refractivity contribution in [1.29, 1.82) is 0 Å². The molecule has 1 aliphatic carbocycles. The topological polar surface area (TPSA) is 88.8 Å². The monoisotopic (exact) mass is 357 g/mol. The zero-order valence-electron chi connectivity index (χ0n) is 14.6. The Morgan fingerprint density at radius 2 is 2.15 bits per heavy atom. The summed E-state index contributed by atoms with van der Waals surface area (Å²) >= 11 is 0. The highest BCUT2D eigenvalue weighted by Crippen LogP contribution is 2.25. The van der Waals surface area contributed by atoms with Crippen LogP contribution in [0.15, 0.2) is 40.5 Å². The molecule has 0 saturated carbocycles. The summed E-state index contributed by atoms with van der Waals surface area (Å²) in [5.41, 5.74) is 2.56. The number of hydrogen-bond donors (Lipinski definition) is 2. The van der Waals surface area contributed by atoms with Crippen LogP contribution in [0.1, 0.15) is 37.7 Å². The largest absolute Gasteiger partial charge is 0.508 e. The number of carbonyl (C=O) groups excluding carboxylic acids is 2. The fraction of sp³-hybridized carbons (Fsp3) is 0.400. The molecule has 0 aliphatic heterocycles. The summed E-state index contributed by atoms with van der Waals surface area (Å²) in [4.78, 5) is 23.7. The number of phenols is 1. The Hall–Kier alpha value is -2.76. The first-order valence-corrected chi connectivity index (χ1v) is 8.91. The van der Waals surface area contributed by atoms with Crippen LogP contribution in [-0.4, -0.2) is 30.1 Å². The molecule has 1 heterocycles. The van der Waals surface area contributed by atoms with Gasteiger partial charge in [0, 0.05) is 23.6 Å².